The van der Waals surface area contributed by atoms with Crippen molar-refractivity contribution in [3.8, 4) is 11.4 Å². The minimum absolute atomic E-state index is 0.0188. The topological polar surface area (TPSA) is 79.4 Å². The fourth-order valence-corrected chi connectivity index (χ4v) is 2.67. The highest BCUT2D eigenvalue weighted by molar-refractivity contribution is 5.90. The van der Waals surface area contributed by atoms with E-state index in [4.69, 9.17) is 0 Å². The lowest BCUT2D eigenvalue weighted by Gasteiger charge is -2.15. The molecule has 0 aliphatic heterocycles. The molecule has 0 unspecified atom stereocenters. The Morgan fingerprint density at radius 1 is 1.12 bits per heavy atom. The molecule has 124 valence electrons. The smallest absolute Gasteiger partial charge is 0.163 e. The van der Waals surface area contributed by atoms with Gasteiger partial charge in [0, 0.05) is 35.6 Å². The zero-order valence-corrected chi connectivity index (χ0v) is 13.4. The van der Waals surface area contributed by atoms with Crippen LogP contribution in [-0.4, -0.2) is 24.9 Å². The number of aromatic nitrogens is 5. The summed E-state index contributed by atoms with van der Waals surface area (Å²) in [6.07, 6.45) is 6.75. The van der Waals surface area contributed by atoms with E-state index >= 15 is 0 Å². The SMILES string of the molecule is C[C@H](Nc1ccnc(-c2c[nH]c3ncncc23)n1)c1ccc(F)cc1. The molecule has 0 bridgehead atoms. The molecule has 4 aromatic rings. The molecule has 2 N–H and O–H groups in total. The average molecular weight is 334 g/mol. The first kappa shape index (κ1) is 15.2. The van der Waals surface area contributed by atoms with E-state index in [2.05, 4.69) is 30.2 Å². The third-order valence-electron chi connectivity index (χ3n) is 3.99. The van der Waals surface area contributed by atoms with Crippen LogP contribution >= 0.6 is 0 Å². The Hall–Kier alpha value is -3.35. The Kier molecular flexibility index (Phi) is 3.81. The largest absolute Gasteiger partial charge is 0.363 e. The fourth-order valence-electron chi connectivity index (χ4n) is 2.67. The summed E-state index contributed by atoms with van der Waals surface area (Å²) in [4.78, 5) is 20.2. The summed E-state index contributed by atoms with van der Waals surface area (Å²) in [5.74, 6) is 1.02. The number of fused-ring (bicyclic) bond motifs is 1. The first-order valence-electron chi connectivity index (χ1n) is 7.83. The molecule has 0 radical (unpaired) electrons. The van der Waals surface area contributed by atoms with Crippen molar-refractivity contribution in [1.82, 2.24) is 24.9 Å². The van der Waals surface area contributed by atoms with Crippen LogP contribution < -0.4 is 5.32 Å². The normalized spacial score (nSPS) is 12.2. The number of nitrogens with one attached hydrogen (secondary N) is 2. The van der Waals surface area contributed by atoms with Crippen LogP contribution in [0.1, 0.15) is 18.5 Å². The zero-order chi connectivity index (χ0) is 17.2. The first-order valence-corrected chi connectivity index (χ1v) is 7.83. The molecular formula is C18H15FN6. The second kappa shape index (κ2) is 6.27. The Morgan fingerprint density at radius 3 is 2.80 bits per heavy atom. The summed E-state index contributed by atoms with van der Waals surface area (Å²) in [5.41, 5.74) is 2.56. The maximum atomic E-state index is 13.1. The van der Waals surface area contributed by atoms with Gasteiger partial charge in [-0.1, -0.05) is 12.1 Å². The predicted molar refractivity (Wildman–Crippen MR) is 93.4 cm³/mol. The van der Waals surface area contributed by atoms with E-state index in [9.17, 15) is 4.39 Å². The van der Waals surface area contributed by atoms with Gasteiger partial charge >= 0.3 is 0 Å². The summed E-state index contributed by atoms with van der Waals surface area (Å²) < 4.78 is 13.1. The van der Waals surface area contributed by atoms with Crippen molar-refractivity contribution < 1.29 is 4.39 Å². The molecule has 0 fully saturated rings. The Morgan fingerprint density at radius 2 is 1.96 bits per heavy atom. The van der Waals surface area contributed by atoms with Gasteiger partial charge < -0.3 is 10.3 Å². The number of aromatic amines is 1. The lowest BCUT2D eigenvalue weighted by atomic mass is 10.1. The van der Waals surface area contributed by atoms with Gasteiger partial charge in [-0.25, -0.2) is 24.3 Å². The van der Waals surface area contributed by atoms with E-state index in [1.807, 2.05) is 13.1 Å². The minimum Gasteiger partial charge on any atom is -0.363 e. The molecule has 0 saturated heterocycles. The molecular weight excluding hydrogens is 319 g/mol. The lowest BCUT2D eigenvalue weighted by Crippen LogP contribution is -2.08. The molecule has 7 heteroatoms. The Bertz CT molecular complexity index is 1010. The summed E-state index contributed by atoms with van der Waals surface area (Å²) in [7, 11) is 0. The predicted octanol–water partition coefficient (Wildman–Crippen LogP) is 3.73. The number of nitrogens with zero attached hydrogens (tertiary/aromatic N) is 4. The van der Waals surface area contributed by atoms with Crippen molar-refractivity contribution in [2.24, 2.45) is 0 Å². The van der Waals surface area contributed by atoms with Gasteiger partial charge in [-0.3, -0.25) is 0 Å². The van der Waals surface area contributed by atoms with E-state index in [1.165, 1.54) is 18.5 Å². The quantitative estimate of drug-likeness (QED) is 0.594. The summed E-state index contributed by atoms with van der Waals surface area (Å²) >= 11 is 0. The van der Waals surface area contributed by atoms with Crippen LogP contribution in [0.4, 0.5) is 10.2 Å². The molecule has 6 nitrogen and oxygen atoms in total. The van der Waals surface area contributed by atoms with Crippen molar-refractivity contribution in [2.75, 3.05) is 5.32 Å². The zero-order valence-electron chi connectivity index (χ0n) is 13.4. The van der Waals surface area contributed by atoms with Crippen LogP contribution in [0.2, 0.25) is 0 Å². The van der Waals surface area contributed by atoms with Gasteiger partial charge in [0.1, 0.15) is 23.6 Å². The number of hydrogen-bond donors (Lipinski definition) is 2. The Balaban J connectivity index is 1.62. The Labute approximate surface area is 143 Å². The highest BCUT2D eigenvalue weighted by Gasteiger charge is 2.12. The molecule has 25 heavy (non-hydrogen) atoms. The van der Waals surface area contributed by atoms with Crippen LogP contribution in [0.5, 0.6) is 0 Å². The number of hydrogen-bond acceptors (Lipinski definition) is 5. The van der Waals surface area contributed by atoms with Crippen molar-refractivity contribution >= 4 is 16.9 Å². The molecule has 1 aromatic carbocycles. The number of rotatable bonds is 4. The van der Waals surface area contributed by atoms with E-state index in [1.54, 1.807) is 30.6 Å². The summed E-state index contributed by atoms with van der Waals surface area (Å²) in [5, 5.41) is 4.18. The van der Waals surface area contributed by atoms with Gasteiger partial charge in [0.05, 0.1) is 0 Å². The number of H-pyrrole nitrogens is 1. The van der Waals surface area contributed by atoms with Gasteiger partial charge in [-0.15, -0.1) is 0 Å². The number of anilines is 1. The molecule has 0 amide bonds. The fraction of sp³-hybridized carbons (Fsp3) is 0.111. The van der Waals surface area contributed by atoms with Crippen molar-refractivity contribution in [1.29, 1.82) is 0 Å². The lowest BCUT2D eigenvalue weighted by molar-refractivity contribution is 0.626. The van der Waals surface area contributed by atoms with Gasteiger partial charge in [0.15, 0.2) is 5.82 Å². The highest BCUT2D eigenvalue weighted by Crippen LogP contribution is 2.25. The van der Waals surface area contributed by atoms with Crippen LogP contribution in [0, 0.1) is 5.82 Å². The van der Waals surface area contributed by atoms with E-state index < -0.39 is 0 Å². The van der Waals surface area contributed by atoms with Gasteiger partial charge in [0.2, 0.25) is 0 Å². The molecule has 0 spiro atoms. The van der Waals surface area contributed by atoms with Crippen LogP contribution in [0.15, 0.2) is 55.2 Å². The molecule has 0 saturated carbocycles. The van der Waals surface area contributed by atoms with Crippen LogP contribution in [0.3, 0.4) is 0 Å². The number of benzene rings is 1. The monoisotopic (exact) mass is 334 g/mol. The summed E-state index contributed by atoms with van der Waals surface area (Å²) in [6.45, 7) is 1.99. The number of halogens is 1. The second-order valence-electron chi connectivity index (χ2n) is 5.67. The van der Waals surface area contributed by atoms with E-state index in [-0.39, 0.29) is 11.9 Å². The van der Waals surface area contributed by atoms with E-state index in [0.717, 1.165) is 22.2 Å². The molecule has 3 heterocycles. The second-order valence-corrected chi connectivity index (χ2v) is 5.67. The molecule has 0 aliphatic carbocycles. The van der Waals surface area contributed by atoms with Crippen LogP contribution in [-0.2, 0) is 0 Å². The van der Waals surface area contributed by atoms with Crippen LogP contribution in [0.25, 0.3) is 22.4 Å². The average Bonchev–Trinajstić information content (AvgIpc) is 3.06. The standard InChI is InChI=1S/C18H15FN6/c1-11(12-2-4-13(19)5-3-12)24-16-6-7-21-18(25-16)15-9-22-17-14(15)8-20-10-23-17/h2-11H,1H3,(H,20,22,23)(H,21,24,25)/t11-/m0/s1. The molecule has 3 aromatic heterocycles. The first-order chi connectivity index (χ1) is 12.2. The van der Waals surface area contributed by atoms with E-state index in [0.29, 0.717) is 11.6 Å². The minimum atomic E-state index is -0.248. The third kappa shape index (κ3) is 3.03. The van der Waals surface area contributed by atoms with Crippen molar-refractivity contribution in [2.45, 2.75) is 13.0 Å². The van der Waals surface area contributed by atoms with Crippen molar-refractivity contribution in [3.63, 3.8) is 0 Å². The summed E-state index contributed by atoms with van der Waals surface area (Å²) in [6, 6.07) is 8.19. The highest BCUT2D eigenvalue weighted by atomic mass is 19.1. The molecule has 0 aliphatic rings. The maximum Gasteiger partial charge on any atom is 0.163 e. The van der Waals surface area contributed by atoms with Gasteiger partial charge in [0.25, 0.3) is 0 Å². The van der Waals surface area contributed by atoms with Gasteiger partial charge in [-0.05, 0) is 30.7 Å². The van der Waals surface area contributed by atoms with Gasteiger partial charge in [-0.2, -0.15) is 0 Å². The third-order valence-corrected chi connectivity index (χ3v) is 3.99. The maximum absolute atomic E-state index is 13.1. The van der Waals surface area contributed by atoms with Crippen molar-refractivity contribution in [3.05, 3.63) is 66.6 Å². The molecule has 4 rings (SSSR count). The molecule has 1 atom stereocenters.